The van der Waals surface area contributed by atoms with E-state index in [4.69, 9.17) is 5.11 Å². The Labute approximate surface area is 125 Å². The highest BCUT2D eigenvalue weighted by atomic mass is 16.4. The second-order valence-corrected chi connectivity index (χ2v) is 5.95. The van der Waals surface area contributed by atoms with Crippen LogP contribution in [0.4, 0.5) is 0 Å². The van der Waals surface area contributed by atoms with Crippen LogP contribution in [-0.4, -0.2) is 23.5 Å². The SMILES string of the molecule is CCC(C)(C)CNC(=O)c1cc(/C=C/C(=O)O)ccc1C. The van der Waals surface area contributed by atoms with E-state index < -0.39 is 5.97 Å². The van der Waals surface area contributed by atoms with Gasteiger partial charge < -0.3 is 10.4 Å². The van der Waals surface area contributed by atoms with E-state index in [9.17, 15) is 9.59 Å². The molecule has 0 saturated carbocycles. The zero-order chi connectivity index (χ0) is 16.0. The standard InChI is InChI=1S/C17H23NO3/c1-5-17(3,4)11-18-16(21)14-10-13(7-6-12(14)2)8-9-15(19)20/h6-10H,5,11H2,1-4H3,(H,18,21)(H,19,20)/b9-8+. The van der Waals surface area contributed by atoms with Crippen LogP contribution in [0.1, 0.15) is 48.7 Å². The van der Waals surface area contributed by atoms with Crippen LogP contribution in [0, 0.1) is 12.3 Å². The lowest BCUT2D eigenvalue weighted by Gasteiger charge is -2.23. The monoisotopic (exact) mass is 289 g/mol. The predicted molar refractivity (Wildman–Crippen MR) is 84.3 cm³/mol. The highest BCUT2D eigenvalue weighted by Crippen LogP contribution is 2.18. The van der Waals surface area contributed by atoms with Crippen molar-refractivity contribution in [3.63, 3.8) is 0 Å². The van der Waals surface area contributed by atoms with Crippen molar-refractivity contribution < 1.29 is 14.7 Å². The molecular formula is C17H23NO3. The Morgan fingerprint density at radius 2 is 2.00 bits per heavy atom. The highest BCUT2D eigenvalue weighted by molar-refractivity contribution is 5.96. The van der Waals surface area contributed by atoms with Crippen molar-refractivity contribution in [2.75, 3.05) is 6.54 Å². The van der Waals surface area contributed by atoms with Gasteiger partial charge in [-0.15, -0.1) is 0 Å². The lowest BCUT2D eigenvalue weighted by Crippen LogP contribution is -2.33. The fourth-order valence-corrected chi connectivity index (χ4v) is 1.70. The molecule has 0 radical (unpaired) electrons. The smallest absolute Gasteiger partial charge is 0.328 e. The van der Waals surface area contributed by atoms with Gasteiger partial charge in [-0.2, -0.15) is 0 Å². The first kappa shape index (κ1) is 17.0. The van der Waals surface area contributed by atoms with Gasteiger partial charge in [-0.05, 0) is 42.0 Å². The summed E-state index contributed by atoms with van der Waals surface area (Å²) in [5, 5.41) is 11.6. The Kier molecular flexibility index (Phi) is 5.70. The maximum Gasteiger partial charge on any atom is 0.328 e. The van der Waals surface area contributed by atoms with E-state index in [1.165, 1.54) is 6.08 Å². The number of benzene rings is 1. The Hall–Kier alpha value is -2.10. The first-order valence-electron chi connectivity index (χ1n) is 7.05. The summed E-state index contributed by atoms with van der Waals surface area (Å²) < 4.78 is 0. The molecule has 0 aliphatic heterocycles. The number of rotatable bonds is 6. The fourth-order valence-electron chi connectivity index (χ4n) is 1.70. The van der Waals surface area contributed by atoms with Crippen LogP contribution in [0.25, 0.3) is 6.08 Å². The first-order valence-corrected chi connectivity index (χ1v) is 7.05. The summed E-state index contributed by atoms with van der Waals surface area (Å²) >= 11 is 0. The van der Waals surface area contributed by atoms with E-state index in [1.807, 2.05) is 13.0 Å². The number of carbonyl (C=O) groups is 2. The third-order valence-electron chi connectivity index (χ3n) is 3.61. The molecule has 114 valence electrons. The molecular weight excluding hydrogens is 266 g/mol. The Balaban J connectivity index is 2.88. The van der Waals surface area contributed by atoms with Gasteiger partial charge in [-0.3, -0.25) is 4.79 Å². The molecule has 1 aromatic rings. The summed E-state index contributed by atoms with van der Waals surface area (Å²) in [5.74, 6) is -1.13. The zero-order valence-corrected chi connectivity index (χ0v) is 13.1. The van der Waals surface area contributed by atoms with Gasteiger partial charge in [0, 0.05) is 18.2 Å². The largest absolute Gasteiger partial charge is 0.478 e. The maximum atomic E-state index is 12.3. The lowest BCUT2D eigenvalue weighted by atomic mass is 9.90. The number of carbonyl (C=O) groups excluding carboxylic acids is 1. The van der Waals surface area contributed by atoms with Gasteiger partial charge in [-0.1, -0.05) is 32.9 Å². The first-order chi connectivity index (χ1) is 9.75. The van der Waals surface area contributed by atoms with Gasteiger partial charge >= 0.3 is 5.97 Å². The fraction of sp³-hybridized carbons (Fsp3) is 0.412. The van der Waals surface area contributed by atoms with E-state index in [2.05, 4.69) is 26.1 Å². The summed E-state index contributed by atoms with van der Waals surface area (Å²) in [6, 6.07) is 5.33. The molecule has 1 rings (SSSR count). The van der Waals surface area contributed by atoms with Crippen LogP contribution in [0.3, 0.4) is 0 Å². The summed E-state index contributed by atoms with van der Waals surface area (Å²) in [7, 11) is 0. The number of carboxylic acid groups (broad SMARTS) is 1. The molecule has 21 heavy (non-hydrogen) atoms. The molecule has 0 bridgehead atoms. The quantitative estimate of drug-likeness (QED) is 0.790. The number of hydrogen-bond donors (Lipinski definition) is 2. The van der Waals surface area contributed by atoms with E-state index >= 15 is 0 Å². The van der Waals surface area contributed by atoms with Crippen molar-refractivity contribution in [1.82, 2.24) is 5.32 Å². The summed E-state index contributed by atoms with van der Waals surface area (Å²) in [4.78, 5) is 22.8. The Morgan fingerprint density at radius 3 is 2.57 bits per heavy atom. The number of aryl methyl sites for hydroxylation is 1. The summed E-state index contributed by atoms with van der Waals surface area (Å²) in [5.41, 5.74) is 2.20. The maximum absolute atomic E-state index is 12.3. The van der Waals surface area contributed by atoms with Gasteiger partial charge in [0.1, 0.15) is 0 Å². The van der Waals surface area contributed by atoms with E-state index in [-0.39, 0.29) is 11.3 Å². The minimum atomic E-state index is -1.01. The molecule has 0 unspecified atom stereocenters. The molecule has 0 aliphatic rings. The minimum Gasteiger partial charge on any atom is -0.478 e. The van der Waals surface area contributed by atoms with Crippen LogP contribution in [0.5, 0.6) is 0 Å². The van der Waals surface area contributed by atoms with Crippen molar-refractivity contribution in [2.45, 2.75) is 34.1 Å². The number of hydrogen-bond acceptors (Lipinski definition) is 2. The number of carboxylic acids is 1. The molecule has 0 heterocycles. The van der Waals surface area contributed by atoms with Gasteiger partial charge in [0.05, 0.1) is 0 Å². The lowest BCUT2D eigenvalue weighted by molar-refractivity contribution is -0.131. The molecule has 4 heteroatoms. The molecule has 1 aromatic carbocycles. The van der Waals surface area contributed by atoms with E-state index in [0.29, 0.717) is 17.7 Å². The minimum absolute atomic E-state index is 0.0599. The van der Waals surface area contributed by atoms with Crippen LogP contribution in [0.15, 0.2) is 24.3 Å². The Bertz CT molecular complexity index is 559. The molecule has 1 amide bonds. The van der Waals surface area contributed by atoms with Crippen LogP contribution < -0.4 is 5.32 Å². The highest BCUT2D eigenvalue weighted by Gasteiger charge is 2.17. The van der Waals surface area contributed by atoms with Crippen LogP contribution in [-0.2, 0) is 4.79 Å². The molecule has 0 fully saturated rings. The van der Waals surface area contributed by atoms with Crippen LogP contribution >= 0.6 is 0 Å². The average molecular weight is 289 g/mol. The average Bonchev–Trinajstić information content (AvgIpc) is 2.44. The molecule has 4 nitrogen and oxygen atoms in total. The van der Waals surface area contributed by atoms with E-state index in [0.717, 1.165) is 18.1 Å². The topological polar surface area (TPSA) is 66.4 Å². The number of aliphatic carboxylic acids is 1. The molecule has 0 aliphatic carbocycles. The number of amides is 1. The number of nitrogens with one attached hydrogen (secondary N) is 1. The van der Waals surface area contributed by atoms with Crippen molar-refractivity contribution in [1.29, 1.82) is 0 Å². The second-order valence-electron chi connectivity index (χ2n) is 5.95. The second kappa shape index (κ2) is 7.07. The third kappa shape index (κ3) is 5.42. The van der Waals surface area contributed by atoms with Crippen molar-refractivity contribution in [2.24, 2.45) is 5.41 Å². The molecule has 0 atom stereocenters. The van der Waals surface area contributed by atoms with Crippen LogP contribution in [0.2, 0.25) is 0 Å². The summed E-state index contributed by atoms with van der Waals surface area (Å²) in [6.45, 7) is 8.77. The molecule has 0 saturated heterocycles. The van der Waals surface area contributed by atoms with E-state index in [1.54, 1.807) is 12.1 Å². The van der Waals surface area contributed by atoms with Gasteiger partial charge in [0.25, 0.3) is 5.91 Å². The zero-order valence-electron chi connectivity index (χ0n) is 13.1. The van der Waals surface area contributed by atoms with Gasteiger partial charge in [0.15, 0.2) is 0 Å². The molecule has 2 N–H and O–H groups in total. The van der Waals surface area contributed by atoms with Crippen molar-refractivity contribution >= 4 is 18.0 Å². The molecule has 0 spiro atoms. The normalized spacial score (nSPS) is 11.6. The molecule has 0 aromatic heterocycles. The van der Waals surface area contributed by atoms with Gasteiger partial charge in [-0.25, -0.2) is 4.79 Å². The Morgan fingerprint density at radius 1 is 1.33 bits per heavy atom. The predicted octanol–water partition coefficient (Wildman–Crippen LogP) is 3.26. The van der Waals surface area contributed by atoms with Gasteiger partial charge in [0.2, 0.25) is 0 Å². The van der Waals surface area contributed by atoms with Crippen molar-refractivity contribution in [3.05, 3.63) is 41.0 Å². The third-order valence-corrected chi connectivity index (χ3v) is 3.61. The summed E-state index contributed by atoms with van der Waals surface area (Å²) in [6.07, 6.45) is 3.52. The van der Waals surface area contributed by atoms with Crippen molar-refractivity contribution in [3.8, 4) is 0 Å².